The number of halogens is 1. The average molecular weight is 426 g/mol. The number of hydrogen-bond acceptors (Lipinski definition) is 7. The lowest BCUT2D eigenvalue weighted by Crippen LogP contribution is -2.15. The van der Waals surface area contributed by atoms with Gasteiger partial charge in [0, 0.05) is 19.2 Å². The number of ether oxygens (including phenoxy) is 2. The number of nitrogens with zero attached hydrogens (tertiary/aromatic N) is 5. The number of anilines is 2. The summed E-state index contributed by atoms with van der Waals surface area (Å²) in [5.74, 6) is 2.18. The molecule has 0 unspecified atom stereocenters. The van der Waals surface area contributed by atoms with Gasteiger partial charge < -0.3 is 19.6 Å². The molecule has 0 radical (unpaired) electrons. The third-order valence-corrected chi connectivity index (χ3v) is 5.29. The van der Waals surface area contributed by atoms with Crippen LogP contribution in [0.3, 0.4) is 0 Å². The molecule has 0 atom stereocenters. The molecule has 0 aliphatic heterocycles. The fourth-order valence-electron chi connectivity index (χ4n) is 3.62. The average Bonchev–Trinajstić information content (AvgIpc) is 3.16. The second-order valence-electron chi connectivity index (χ2n) is 6.68. The maximum absolute atomic E-state index is 9.11. The predicted octanol–water partition coefficient (Wildman–Crippen LogP) is 4.44. The summed E-state index contributed by atoms with van der Waals surface area (Å²) >= 11 is 6.50. The number of oxime groups is 1. The molecule has 2 aromatic heterocycles. The highest BCUT2D eigenvalue weighted by atomic mass is 35.5. The molecule has 0 bridgehead atoms. The van der Waals surface area contributed by atoms with Crippen molar-refractivity contribution in [2.45, 2.75) is 6.92 Å². The van der Waals surface area contributed by atoms with Gasteiger partial charge in [-0.3, -0.25) is 4.40 Å². The molecule has 1 N–H and O–H groups in total. The summed E-state index contributed by atoms with van der Waals surface area (Å²) in [6.07, 6.45) is 2.95. The minimum atomic E-state index is 0.442. The van der Waals surface area contributed by atoms with E-state index in [2.05, 4.69) is 10.1 Å². The van der Waals surface area contributed by atoms with Crippen molar-refractivity contribution in [1.82, 2.24) is 14.4 Å². The van der Waals surface area contributed by atoms with Crippen LogP contribution >= 0.6 is 11.6 Å². The molecule has 9 heteroatoms. The van der Waals surface area contributed by atoms with E-state index in [4.69, 9.17) is 31.3 Å². The number of hydrogen-bond donors (Lipinski definition) is 1. The van der Waals surface area contributed by atoms with Crippen LogP contribution in [0.1, 0.15) is 11.4 Å². The fourth-order valence-corrected chi connectivity index (χ4v) is 3.97. The number of aryl methyl sites for hydroxylation is 1. The summed E-state index contributed by atoms with van der Waals surface area (Å²) in [4.78, 5) is 11.2. The maximum atomic E-state index is 9.11. The molecule has 4 aromatic rings. The first-order valence-electron chi connectivity index (χ1n) is 9.09. The standard InChI is InChI=1S/C21H20ClN5O3/c1-12-6-5-7-13(22)20(12)26(2)21-16-10-23-19(11-24-28)27(16)15-9-18(30-4)17(29-3)8-14(15)25-21/h5-11,28H,1-4H3/b24-11+. The van der Waals surface area contributed by atoms with Crippen LogP contribution in [0.25, 0.3) is 16.6 Å². The Balaban J connectivity index is 2.09. The van der Waals surface area contributed by atoms with Gasteiger partial charge in [0.05, 0.1) is 42.2 Å². The zero-order valence-corrected chi connectivity index (χ0v) is 17.7. The minimum absolute atomic E-state index is 0.442. The first-order chi connectivity index (χ1) is 14.5. The molecule has 0 aliphatic rings. The zero-order chi connectivity index (χ0) is 21.4. The van der Waals surface area contributed by atoms with Crippen molar-refractivity contribution >= 4 is 45.9 Å². The van der Waals surface area contributed by atoms with Gasteiger partial charge in [-0.15, -0.1) is 0 Å². The van der Waals surface area contributed by atoms with Gasteiger partial charge in [-0.25, -0.2) is 9.97 Å². The van der Waals surface area contributed by atoms with Crippen molar-refractivity contribution in [3.8, 4) is 11.5 Å². The summed E-state index contributed by atoms with van der Waals surface area (Å²) in [6, 6.07) is 9.35. The quantitative estimate of drug-likeness (QED) is 0.289. The fraction of sp³-hybridized carbons (Fsp3) is 0.190. The molecule has 4 rings (SSSR count). The van der Waals surface area contributed by atoms with Crippen LogP contribution in [0.2, 0.25) is 5.02 Å². The summed E-state index contributed by atoms with van der Waals surface area (Å²) in [5.41, 5.74) is 3.94. The first-order valence-corrected chi connectivity index (χ1v) is 9.47. The van der Waals surface area contributed by atoms with Crippen molar-refractivity contribution in [3.63, 3.8) is 0 Å². The lowest BCUT2D eigenvalue weighted by atomic mass is 10.2. The number of aromatic nitrogens is 3. The summed E-state index contributed by atoms with van der Waals surface area (Å²) in [7, 11) is 5.04. The molecule has 0 fully saturated rings. The Morgan fingerprint density at radius 2 is 1.90 bits per heavy atom. The smallest absolute Gasteiger partial charge is 0.163 e. The molecule has 0 spiro atoms. The number of methoxy groups -OCH3 is 2. The van der Waals surface area contributed by atoms with Crippen molar-refractivity contribution in [1.29, 1.82) is 0 Å². The largest absolute Gasteiger partial charge is 0.493 e. The molecule has 8 nitrogen and oxygen atoms in total. The molecule has 30 heavy (non-hydrogen) atoms. The van der Waals surface area contributed by atoms with Crippen LogP contribution in [-0.4, -0.2) is 47.1 Å². The van der Waals surface area contributed by atoms with Gasteiger partial charge in [0.15, 0.2) is 23.1 Å². The SMILES string of the molecule is COc1cc2nc(N(C)c3c(C)cccc3Cl)c3cnc(/C=N/O)n3c2cc1OC. The highest BCUT2D eigenvalue weighted by Crippen LogP contribution is 2.38. The molecule has 0 saturated carbocycles. The van der Waals surface area contributed by atoms with Crippen molar-refractivity contribution in [2.75, 3.05) is 26.2 Å². The van der Waals surface area contributed by atoms with E-state index in [1.807, 2.05) is 47.5 Å². The van der Waals surface area contributed by atoms with Gasteiger partial charge in [0.1, 0.15) is 11.7 Å². The second kappa shape index (κ2) is 7.72. The Labute approximate surface area is 177 Å². The molecule has 154 valence electrons. The maximum Gasteiger partial charge on any atom is 0.163 e. The van der Waals surface area contributed by atoms with Gasteiger partial charge in [-0.1, -0.05) is 28.9 Å². The van der Waals surface area contributed by atoms with E-state index in [-0.39, 0.29) is 0 Å². The molecular formula is C21H20ClN5O3. The van der Waals surface area contributed by atoms with Crippen LogP contribution in [0.15, 0.2) is 41.7 Å². The Morgan fingerprint density at radius 3 is 2.57 bits per heavy atom. The lowest BCUT2D eigenvalue weighted by Gasteiger charge is -2.23. The number of imidazole rings is 1. The van der Waals surface area contributed by atoms with Gasteiger partial charge in [-0.2, -0.15) is 0 Å². The molecular weight excluding hydrogens is 406 g/mol. The van der Waals surface area contributed by atoms with E-state index in [9.17, 15) is 0 Å². The van der Waals surface area contributed by atoms with E-state index in [0.29, 0.717) is 39.2 Å². The van der Waals surface area contributed by atoms with Gasteiger partial charge in [0.25, 0.3) is 0 Å². The summed E-state index contributed by atoms with van der Waals surface area (Å²) in [5, 5.41) is 12.9. The van der Waals surface area contributed by atoms with Crippen molar-refractivity contribution < 1.29 is 14.7 Å². The Kier molecular flexibility index (Phi) is 5.09. The monoisotopic (exact) mass is 425 g/mol. The van der Waals surface area contributed by atoms with E-state index in [1.54, 1.807) is 26.5 Å². The summed E-state index contributed by atoms with van der Waals surface area (Å²) in [6.45, 7) is 1.99. The first kappa shape index (κ1) is 19.8. The van der Waals surface area contributed by atoms with Crippen LogP contribution in [0.5, 0.6) is 11.5 Å². The van der Waals surface area contributed by atoms with Crippen LogP contribution < -0.4 is 14.4 Å². The van der Waals surface area contributed by atoms with E-state index in [1.165, 1.54) is 6.21 Å². The second-order valence-corrected chi connectivity index (χ2v) is 7.08. The predicted molar refractivity (Wildman–Crippen MR) is 117 cm³/mol. The topological polar surface area (TPSA) is 84.5 Å². The number of rotatable bonds is 5. The lowest BCUT2D eigenvalue weighted by molar-refractivity contribution is 0.321. The Bertz CT molecular complexity index is 1260. The van der Waals surface area contributed by atoms with Crippen molar-refractivity contribution in [2.24, 2.45) is 5.16 Å². The van der Waals surface area contributed by atoms with E-state index < -0.39 is 0 Å². The van der Waals surface area contributed by atoms with Crippen LogP contribution in [0, 0.1) is 6.92 Å². The normalized spacial score (nSPS) is 11.5. The van der Waals surface area contributed by atoms with Crippen LogP contribution in [0.4, 0.5) is 11.5 Å². The highest BCUT2D eigenvalue weighted by Gasteiger charge is 2.20. The van der Waals surface area contributed by atoms with Gasteiger partial charge in [-0.05, 0) is 18.6 Å². The third kappa shape index (κ3) is 3.05. The molecule has 0 aliphatic carbocycles. The Hall–Kier alpha value is -3.52. The van der Waals surface area contributed by atoms with Crippen LogP contribution in [-0.2, 0) is 0 Å². The number of benzene rings is 2. The molecule has 2 heterocycles. The van der Waals surface area contributed by atoms with E-state index in [0.717, 1.165) is 16.8 Å². The van der Waals surface area contributed by atoms with Gasteiger partial charge in [0.2, 0.25) is 0 Å². The summed E-state index contributed by atoms with van der Waals surface area (Å²) < 4.78 is 12.7. The molecule has 0 amide bonds. The van der Waals surface area contributed by atoms with E-state index >= 15 is 0 Å². The number of fused-ring (bicyclic) bond motifs is 3. The Morgan fingerprint density at radius 1 is 1.17 bits per heavy atom. The highest BCUT2D eigenvalue weighted by molar-refractivity contribution is 6.33. The number of para-hydroxylation sites is 1. The van der Waals surface area contributed by atoms with Crippen molar-refractivity contribution in [3.05, 3.63) is 52.9 Å². The third-order valence-electron chi connectivity index (χ3n) is 4.98. The zero-order valence-electron chi connectivity index (χ0n) is 16.9. The molecule has 2 aromatic carbocycles. The minimum Gasteiger partial charge on any atom is -0.493 e. The molecule has 0 saturated heterocycles. The van der Waals surface area contributed by atoms with Gasteiger partial charge >= 0.3 is 0 Å².